The molecule has 0 saturated carbocycles. The van der Waals surface area contributed by atoms with Crippen LogP contribution in [0.1, 0.15) is 26.5 Å². The Labute approximate surface area is 156 Å². The van der Waals surface area contributed by atoms with Crippen molar-refractivity contribution in [2.45, 2.75) is 13.1 Å². The number of halogens is 3. The molecule has 2 heterocycles. The maximum atomic E-state index is 12.4. The highest BCUT2D eigenvalue weighted by atomic mass is 19.4. The van der Waals surface area contributed by atoms with E-state index >= 15 is 0 Å². The highest BCUT2D eigenvalue weighted by Crippen LogP contribution is 2.22. The number of aryl methyl sites for hydroxylation is 1. The van der Waals surface area contributed by atoms with Crippen molar-refractivity contribution in [3.8, 4) is 11.5 Å². The second kappa shape index (κ2) is 7.51. The number of amides is 1. The summed E-state index contributed by atoms with van der Waals surface area (Å²) < 4.78 is 37.3. The number of alkyl halides is 3. The van der Waals surface area contributed by atoms with Crippen molar-refractivity contribution in [2.24, 2.45) is 0 Å². The molecule has 0 unspecified atom stereocenters. The van der Waals surface area contributed by atoms with Gasteiger partial charge in [-0.05, 0) is 31.2 Å². The number of aromatic nitrogens is 4. The van der Waals surface area contributed by atoms with Gasteiger partial charge in [-0.2, -0.15) is 23.1 Å². The van der Waals surface area contributed by atoms with E-state index in [0.29, 0.717) is 11.5 Å². The third-order valence-corrected chi connectivity index (χ3v) is 3.53. The van der Waals surface area contributed by atoms with Crippen molar-refractivity contribution in [3.05, 3.63) is 65.6 Å². The molecular formula is C18H12F3N5O2. The summed E-state index contributed by atoms with van der Waals surface area (Å²) in [6.45, 7) is 1.61. The zero-order valence-electron chi connectivity index (χ0n) is 14.4. The first-order chi connectivity index (χ1) is 13.2. The van der Waals surface area contributed by atoms with Crippen LogP contribution in [0.25, 0.3) is 11.5 Å². The molecule has 0 atom stereocenters. The van der Waals surface area contributed by atoms with Crippen LogP contribution in [0.4, 0.5) is 19.1 Å². The van der Waals surface area contributed by atoms with Gasteiger partial charge < -0.3 is 0 Å². The van der Waals surface area contributed by atoms with Crippen LogP contribution in [0, 0.1) is 6.92 Å². The second-order valence-corrected chi connectivity index (χ2v) is 5.60. The van der Waals surface area contributed by atoms with Gasteiger partial charge in [-0.3, -0.25) is 19.9 Å². The van der Waals surface area contributed by atoms with Gasteiger partial charge in [0.05, 0.1) is 0 Å². The third kappa shape index (κ3) is 4.34. The molecule has 3 aromatic rings. The van der Waals surface area contributed by atoms with Crippen molar-refractivity contribution >= 4 is 17.6 Å². The lowest BCUT2D eigenvalue weighted by atomic mass is 10.1. The van der Waals surface area contributed by atoms with Crippen LogP contribution in [-0.4, -0.2) is 37.8 Å². The average molecular weight is 387 g/mol. The van der Waals surface area contributed by atoms with Crippen molar-refractivity contribution in [3.63, 3.8) is 0 Å². The van der Waals surface area contributed by atoms with Crippen LogP contribution in [-0.2, 0) is 0 Å². The minimum atomic E-state index is -4.98. The normalized spacial score (nSPS) is 11.1. The molecule has 0 aliphatic carbocycles. The summed E-state index contributed by atoms with van der Waals surface area (Å²) in [7, 11) is 0. The fraction of sp³-hybridized carbons (Fsp3) is 0.111. The molecule has 1 aromatic carbocycles. The quantitative estimate of drug-likeness (QED) is 0.690. The maximum absolute atomic E-state index is 12.4. The van der Waals surface area contributed by atoms with Crippen molar-refractivity contribution < 1.29 is 22.8 Å². The number of benzene rings is 1. The van der Waals surface area contributed by atoms with Gasteiger partial charge in [0.25, 0.3) is 11.7 Å². The molecule has 0 spiro atoms. The summed E-state index contributed by atoms with van der Waals surface area (Å²) in [6, 6.07) is 9.27. The van der Waals surface area contributed by atoms with Gasteiger partial charge in [0.1, 0.15) is 11.5 Å². The zero-order valence-corrected chi connectivity index (χ0v) is 14.4. The van der Waals surface area contributed by atoms with E-state index in [9.17, 15) is 22.8 Å². The topological polar surface area (TPSA) is 97.7 Å². The van der Waals surface area contributed by atoms with Crippen LogP contribution < -0.4 is 5.32 Å². The number of hydrogen-bond donors (Lipinski definition) is 1. The number of carbonyl (C=O) groups excluding carboxylic acids is 2. The van der Waals surface area contributed by atoms with Crippen molar-refractivity contribution in [1.82, 2.24) is 19.9 Å². The highest BCUT2D eigenvalue weighted by Gasteiger charge is 2.39. The number of nitrogens with zero attached hydrogens (tertiary/aromatic N) is 4. The largest absolute Gasteiger partial charge is 0.454 e. The molecular weight excluding hydrogens is 375 g/mol. The van der Waals surface area contributed by atoms with Crippen LogP contribution in [0.5, 0.6) is 0 Å². The Hall–Kier alpha value is -3.69. The van der Waals surface area contributed by atoms with Gasteiger partial charge in [-0.25, -0.2) is 4.98 Å². The van der Waals surface area contributed by atoms with E-state index < -0.39 is 23.4 Å². The molecule has 0 aliphatic heterocycles. The predicted octanol–water partition coefficient (Wildman–Crippen LogP) is 3.24. The number of anilines is 1. The Balaban J connectivity index is 1.80. The first-order valence-corrected chi connectivity index (χ1v) is 7.91. The molecule has 7 nitrogen and oxygen atoms in total. The summed E-state index contributed by atoms with van der Waals surface area (Å²) in [5.41, 5.74) is -0.0350. The summed E-state index contributed by atoms with van der Waals surface area (Å²) in [5.74, 6) is -2.06. The summed E-state index contributed by atoms with van der Waals surface area (Å²) >= 11 is 0. The van der Waals surface area contributed by atoms with E-state index in [2.05, 4.69) is 25.3 Å². The summed E-state index contributed by atoms with van der Waals surface area (Å²) in [6.07, 6.45) is -3.41. The minimum Gasteiger partial charge on any atom is -0.290 e. The fourth-order valence-corrected chi connectivity index (χ4v) is 2.26. The Morgan fingerprint density at radius 1 is 0.929 bits per heavy atom. The Kier molecular flexibility index (Phi) is 5.12. The number of pyridine rings is 1. The minimum absolute atomic E-state index is 0.0337. The van der Waals surface area contributed by atoms with Gasteiger partial charge in [0.2, 0.25) is 5.95 Å². The fourth-order valence-electron chi connectivity index (χ4n) is 2.26. The second-order valence-electron chi connectivity index (χ2n) is 5.60. The van der Waals surface area contributed by atoms with Gasteiger partial charge >= 0.3 is 6.18 Å². The molecule has 28 heavy (non-hydrogen) atoms. The number of carbonyl (C=O) groups is 2. The molecule has 2 aromatic heterocycles. The number of nitrogens with one attached hydrogen (secondary N) is 1. The monoisotopic (exact) mass is 387 g/mol. The Morgan fingerprint density at radius 3 is 2.21 bits per heavy atom. The summed E-state index contributed by atoms with van der Waals surface area (Å²) in [5, 5.41) is 2.45. The predicted molar refractivity (Wildman–Crippen MR) is 92.6 cm³/mol. The average Bonchev–Trinajstić information content (AvgIpc) is 2.67. The van der Waals surface area contributed by atoms with E-state index in [0.717, 1.165) is 24.3 Å². The van der Waals surface area contributed by atoms with E-state index in [1.807, 2.05) is 0 Å². The lowest BCUT2D eigenvalue weighted by molar-refractivity contribution is -0.0885. The highest BCUT2D eigenvalue weighted by molar-refractivity contribution is 6.05. The van der Waals surface area contributed by atoms with Crippen LogP contribution >= 0.6 is 0 Å². The SMILES string of the molecule is Cc1nc(NC(=O)c2ccc(C(=O)C(F)(F)F)cc2)nc(-c2ccccn2)n1. The van der Waals surface area contributed by atoms with E-state index in [1.54, 1.807) is 31.3 Å². The van der Waals surface area contributed by atoms with Gasteiger partial charge in [-0.15, -0.1) is 0 Å². The van der Waals surface area contributed by atoms with Gasteiger partial charge in [0.15, 0.2) is 5.82 Å². The first-order valence-electron chi connectivity index (χ1n) is 7.91. The molecule has 142 valence electrons. The molecule has 0 aliphatic rings. The first kappa shape index (κ1) is 19.1. The summed E-state index contributed by atoms with van der Waals surface area (Å²) in [4.78, 5) is 39.9. The molecule has 0 fully saturated rings. The standard InChI is InChI=1S/C18H12F3N5O2/c1-10-23-15(13-4-2-3-9-22-13)25-17(24-10)26-16(28)12-7-5-11(6-8-12)14(27)18(19,20)21/h2-9H,1H3,(H,23,24,25,26,28). The van der Waals surface area contributed by atoms with Crippen LogP contribution in [0.3, 0.4) is 0 Å². The Morgan fingerprint density at radius 2 is 1.61 bits per heavy atom. The molecule has 1 N–H and O–H groups in total. The number of hydrogen-bond acceptors (Lipinski definition) is 6. The lowest BCUT2D eigenvalue weighted by Gasteiger charge is -2.08. The van der Waals surface area contributed by atoms with E-state index in [-0.39, 0.29) is 17.3 Å². The molecule has 1 amide bonds. The molecule has 0 radical (unpaired) electrons. The molecule has 0 bridgehead atoms. The maximum Gasteiger partial charge on any atom is 0.454 e. The van der Waals surface area contributed by atoms with Crippen molar-refractivity contribution in [1.29, 1.82) is 0 Å². The smallest absolute Gasteiger partial charge is 0.290 e. The van der Waals surface area contributed by atoms with Crippen LogP contribution in [0.2, 0.25) is 0 Å². The van der Waals surface area contributed by atoms with E-state index in [1.165, 1.54) is 0 Å². The molecule has 0 saturated heterocycles. The van der Waals surface area contributed by atoms with Crippen molar-refractivity contribution in [2.75, 3.05) is 5.32 Å². The number of rotatable bonds is 4. The molecule has 3 rings (SSSR count). The van der Waals surface area contributed by atoms with Gasteiger partial charge in [0, 0.05) is 17.3 Å². The molecule has 10 heteroatoms. The Bertz CT molecular complexity index is 1020. The number of Topliss-reactive ketones (excluding diaryl/α,β-unsaturated/α-hetero) is 1. The van der Waals surface area contributed by atoms with Gasteiger partial charge in [-0.1, -0.05) is 18.2 Å². The number of ketones is 1. The lowest BCUT2D eigenvalue weighted by Crippen LogP contribution is -2.23. The van der Waals surface area contributed by atoms with E-state index in [4.69, 9.17) is 0 Å². The third-order valence-electron chi connectivity index (χ3n) is 3.53. The van der Waals surface area contributed by atoms with Crippen LogP contribution in [0.15, 0.2) is 48.7 Å². The zero-order chi connectivity index (χ0) is 20.3.